The number of nitrogens with one attached hydrogen (secondary N) is 2. The Labute approximate surface area is 141 Å². The highest BCUT2D eigenvalue weighted by Crippen LogP contribution is 2.27. The summed E-state index contributed by atoms with van der Waals surface area (Å²) in [5, 5.41) is 10.2. The van der Waals surface area contributed by atoms with Crippen LogP contribution in [0.4, 0.5) is 0 Å². The fraction of sp³-hybridized carbons (Fsp3) is 0.444. The third-order valence-electron chi connectivity index (χ3n) is 4.15. The Morgan fingerprint density at radius 3 is 3.00 bits per heavy atom. The van der Waals surface area contributed by atoms with Gasteiger partial charge in [-0.05, 0) is 50.8 Å². The van der Waals surface area contributed by atoms with Gasteiger partial charge in [0, 0.05) is 17.8 Å². The highest BCUT2D eigenvalue weighted by atomic mass is 16.5. The highest BCUT2D eigenvalue weighted by Gasteiger charge is 2.23. The molecule has 0 saturated carbocycles. The Balaban J connectivity index is 1.75. The lowest BCUT2D eigenvalue weighted by atomic mass is 9.93. The molecular formula is C18H23N3O3. The maximum Gasteiger partial charge on any atom is 0.255 e. The predicted molar refractivity (Wildman–Crippen MR) is 90.6 cm³/mol. The lowest BCUT2D eigenvalue weighted by Gasteiger charge is -2.23. The number of carbonyl (C=O) groups is 1. The van der Waals surface area contributed by atoms with Gasteiger partial charge in [0.1, 0.15) is 11.5 Å². The molecule has 0 radical (unpaired) electrons. The molecule has 2 aromatic rings. The van der Waals surface area contributed by atoms with Crippen LogP contribution >= 0.6 is 0 Å². The van der Waals surface area contributed by atoms with Gasteiger partial charge in [0.15, 0.2) is 0 Å². The number of hydrogen-bond acceptors (Lipinski definition) is 4. The van der Waals surface area contributed by atoms with Gasteiger partial charge in [-0.1, -0.05) is 0 Å². The van der Waals surface area contributed by atoms with E-state index >= 15 is 0 Å². The molecule has 0 spiro atoms. The largest absolute Gasteiger partial charge is 0.497 e. The number of rotatable bonds is 5. The predicted octanol–water partition coefficient (Wildman–Crippen LogP) is 2.49. The summed E-state index contributed by atoms with van der Waals surface area (Å²) in [4.78, 5) is 12.7. The average molecular weight is 329 g/mol. The minimum absolute atomic E-state index is 0.0215. The fourth-order valence-electron chi connectivity index (χ4n) is 2.97. The van der Waals surface area contributed by atoms with Gasteiger partial charge < -0.3 is 14.8 Å². The van der Waals surface area contributed by atoms with Crippen LogP contribution in [0, 0.1) is 0 Å². The van der Waals surface area contributed by atoms with Gasteiger partial charge in [-0.2, -0.15) is 5.10 Å². The lowest BCUT2D eigenvalue weighted by Crippen LogP contribution is -2.38. The van der Waals surface area contributed by atoms with E-state index < -0.39 is 0 Å². The minimum atomic E-state index is -0.120. The van der Waals surface area contributed by atoms with Crippen LogP contribution in [-0.4, -0.2) is 35.4 Å². The van der Waals surface area contributed by atoms with Crippen molar-refractivity contribution in [2.75, 3.05) is 7.11 Å². The topological polar surface area (TPSA) is 76.2 Å². The van der Waals surface area contributed by atoms with Gasteiger partial charge in [-0.15, -0.1) is 0 Å². The molecule has 24 heavy (non-hydrogen) atoms. The van der Waals surface area contributed by atoms with E-state index in [1.807, 2.05) is 20.0 Å². The zero-order valence-electron chi connectivity index (χ0n) is 14.3. The summed E-state index contributed by atoms with van der Waals surface area (Å²) in [6.45, 7) is 3.87. The summed E-state index contributed by atoms with van der Waals surface area (Å²) in [6.07, 6.45) is 4.42. The minimum Gasteiger partial charge on any atom is -0.497 e. The number of aromatic nitrogens is 2. The molecule has 6 heteroatoms. The van der Waals surface area contributed by atoms with E-state index in [1.54, 1.807) is 25.3 Å². The second-order valence-corrected chi connectivity index (χ2v) is 6.32. The number of ether oxygens (including phenoxy) is 2. The van der Waals surface area contributed by atoms with E-state index in [0.717, 1.165) is 19.3 Å². The summed E-state index contributed by atoms with van der Waals surface area (Å²) >= 11 is 0. The monoisotopic (exact) mass is 329 g/mol. The van der Waals surface area contributed by atoms with Crippen molar-refractivity contribution in [2.24, 2.45) is 0 Å². The third kappa shape index (κ3) is 3.53. The first-order valence-corrected chi connectivity index (χ1v) is 8.23. The molecule has 1 aromatic heterocycles. The number of hydrogen-bond donors (Lipinski definition) is 2. The second-order valence-electron chi connectivity index (χ2n) is 6.32. The quantitative estimate of drug-likeness (QED) is 0.883. The SMILES string of the molecule is COc1ccc(C(=O)N[C@H]2CCc3[nH]ncc3C2)c(OC(C)C)c1. The first kappa shape index (κ1) is 16.4. The molecule has 128 valence electrons. The van der Waals surface area contributed by atoms with Crippen LogP contribution < -0.4 is 14.8 Å². The first-order valence-electron chi connectivity index (χ1n) is 8.23. The Morgan fingerprint density at radius 1 is 1.42 bits per heavy atom. The van der Waals surface area contributed by atoms with Gasteiger partial charge in [-0.3, -0.25) is 9.89 Å². The van der Waals surface area contributed by atoms with Crippen molar-refractivity contribution in [3.63, 3.8) is 0 Å². The Morgan fingerprint density at radius 2 is 2.25 bits per heavy atom. The van der Waals surface area contributed by atoms with E-state index in [4.69, 9.17) is 9.47 Å². The molecule has 1 aromatic carbocycles. The molecule has 0 aliphatic heterocycles. The number of fused-ring (bicyclic) bond motifs is 1. The first-order chi connectivity index (χ1) is 11.6. The van der Waals surface area contributed by atoms with Crippen molar-refractivity contribution in [3.8, 4) is 11.5 Å². The average Bonchev–Trinajstić information content (AvgIpc) is 3.01. The smallest absolute Gasteiger partial charge is 0.255 e. The Kier molecular flexibility index (Phi) is 4.74. The maximum atomic E-state index is 12.7. The standard InChI is InChI=1S/C18H23N3O3/c1-11(2)24-17-9-14(23-3)5-6-15(17)18(22)20-13-4-7-16-12(8-13)10-19-21-16/h5-6,9-11,13H,4,7-8H2,1-3H3,(H,19,21)(H,20,22)/t13-/m0/s1. The fourth-order valence-corrected chi connectivity index (χ4v) is 2.97. The number of methoxy groups -OCH3 is 1. The highest BCUT2D eigenvalue weighted by molar-refractivity contribution is 5.97. The van der Waals surface area contributed by atoms with Crippen LogP contribution in [-0.2, 0) is 12.8 Å². The van der Waals surface area contributed by atoms with Crippen molar-refractivity contribution in [3.05, 3.63) is 41.2 Å². The third-order valence-corrected chi connectivity index (χ3v) is 4.15. The van der Waals surface area contributed by atoms with Crippen molar-refractivity contribution >= 4 is 5.91 Å². The number of amides is 1. The number of carbonyl (C=O) groups excluding carboxylic acids is 1. The summed E-state index contributed by atoms with van der Waals surface area (Å²) in [6, 6.07) is 5.38. The molecule has 0 unspecified atom stereocenters. The Bertz CT molecular complexity index is 724. The van der Waals surface area contributed by atoms with Crippen molar-refractivity contribution in [1.29, 1.82) is 0 Å². The van der Waals surface area contributed by atoms with E-state index in [0.29, 0.717) is 17.1 Å². The van der Waals surface area contributed by atoms with Gasteiger partial charge in [0.25, 0.3) is 5.91 Å². The summed E-state index contributed by atoms with van der Waals surface area (Å²) in [5.41, 5.74) is 2.89. The molecule has 1 amide bonds. The van der Waals surface area contributed by atoms with Gasteiger partial charge in [-0.25, -0.2) is 0 Å². The van der Waals surface area contributed by atoms with Crippen LogP contribution in [0.3, 0.4) is 0 Å². The van der Waals surface area contributed by atoms with Crippen LogP contribution in [0.15, 0.2) is 24.4 Å². The second kappa shape index (κ2) is 6.95. The Hall–Kier alpha value is -2.50. The van der Waals surface area contributed by atoms with E-state index in [1.165, 1.54) is 11.3 Å². The van der Waals surface area contributed by atoms with Crippen LogP contribution in [0.5, 0.6) is 11.5 Å². The van der Waals surface area contributed by atoms with Gasteiger partial charge >= 0.3 is 0 Å². The van der Waals surface area contributed by atoms with Gasteiger partial charge in [0.05, 0.1) is 25.0 Å². The molecule has 0 saturated heterocycles. The van der Waals surface area contributed by atoms with E-state index in [9.17, 15) is 4.79 Å². The van der Waals surface area contributed by atoms with Gasteiger partial charge in [0.2, 0.25) is 0 Å². The van der Waals surface area contributed by atoms with Crippen LogP contribution in [0.25, 0.3) is 0 Å². The maximum absolute atomic E-state index is 12.7. The zero-order valence-corrected chi connectivity index (χ0v) is 14.3. The summed E-state index contributed by atoms with van der Waals surface area (Å²) < 4.78 is 11.0. The molecule has 2 N–H and O–H groups in total. The van der Waals surface area contributed by atoms with Crippen molar-refractivity contribution < 1.29 is 14.3 Å². The van der Waals surface area contributed by atoms with E-state index in [-0.39, 0.29) is 18.1 Å². The number of aryl methyl sites for hydroxylation is 1. The molecule has 1 heterocycles. The lowest BCUT2D eigenvalue weighted by molar-refractivity contribution is 0.0927. The molecule has 0 bridgehead atoms. The summed E-state index contributed by atoms with van der Waals surface area (Å²) in [5.74, 6) is 1.09. The molecule has 1 aliphatic carbocycles. The molecule has 1 atom stereocenters. The number of aromatic amines is 1. The normalized spacial score (nSPS) is 16.6. The van der Waals surface area contributed by atoms with Crippen LogP contribution in [0.2, 0.25) is 0 Å². The van der Waals surface area contributed by atoms with E-state index in [2.05, 4.69) is 15.5 Å². The molecule has 1 aliphatic rings. The van der Waals surface area contributed by atoms with Crippen molar-refractivity contribution in [2.45, 2.75) is 45.3 Å². The molecular weight excluding hydrogens is 306 g/mol. The summed E-state index contributed by atoms with van der Waals surface area (Å²) in [7, 11) is 1.60. The number of H-pyrrole nitrogens is 1. The molecule has 6 nitrogen and oxygen atoms in total. The van der Waals surface area contributed by atoms with Crippen molar-refractivity contribution in [1.82, 2.24) is 15.5 Å². The molecule has 3 rings (SSSR count). The molecule has 0 fully saturated rings. The van der Waals surface area contributed by atoms with Crippen LogP contribution in [0.1, 0.15) is 41.9 Å². The number of benzene rings is 1. The number of nitrogens with zero attached hydrogens (tertiary/aromatic N) is 1. The zero-order chi connectivity index (χ0) is 17.1.